The largest absolute Gasteiger partial charge is 0.548 e. The SMILES string of the molecule is O=C([O-])CN1C(=O)/C(=C/c2cccc([N+](=O)[O-])c2)SC1=S. The van der Waals surface area contributed by atoms with Gasteiger partial charge in [0.15, 0.2) is 0 Å². The number of carboxylic acids is 1. The first-order valence-corrected chi connectivity index (χ1v) is 6.80. The molecule has 1 heterocycles. The van der Waals surface area contributed by atoms with Crippen LogP contribution in [0.5, 0.6) is 0 Å². The number of rotatable bonds is 4. The third-order valence-electron chi connectivity index (χ3n) is 2.54. The summed E-state index contributed by atoms with van der Waals surface area (Å²) in [6.07, 6.45) is 1.43. The Kier molecular flexibility index (Phi) is 4.34. The van der Waals surface area contributed by atoms with Crippen molar-refractivity contribution in [3.63, 3.8) is 0 Å². The normalized spacial score (nSPS) is 16.6. The predicted molar refractivity (Wildman–Crippen MR) is 78.0 cm³/mol. The molecule has 0 N–H and O–H groups in total. The Bertz CT molecular complexity index is 686. The molecule has 2 rings (SSSR count). The van der Waals surface area contributed by atoms with Crippen LogP contribution in [0.3, 0.4) is 0 Å². The zero-order valence-electron chi connectivity index (χ0n) is 10.3. The number of carboxylic acid groups (broad SMARTS) is 1. The van der Waals surface area contributed by atoms with Gasteiger partial charge in [0, 0.05) is 12.1 Å². The molecule has 1 amide bonds. The van der Waals surface area contributed by atoms with E-state index in [-0.39, 0.29) is 14.9 Å². The lowest BCUT2D eigenvalue weighted by molar-refractivity contribution is -0.384. The van der Waals surface area contributed by atoms with Crippen LogP contribution in [0.4, 0.5) is 5.69 Å². The van der Waals surface area contributed by atoms with Crippen LogP contribution >= 0.6 is 24.0 Å². The van der Waals surface area contributed by atoms with Gasteiger partial charge >= 0.3 is 0 Å². The molecule has 0 unspecified atom stereocenters. The number of hydrogen-bond donors (Lipinski definition) is 0. The van der Waals surface area contributed by atoms with Gasteiger partial charge in [-0.2, -0.15) is 0 Å². The number of nitrogens with zero attached hydrogens (tertiary/aromatic N) is 2. The number of nitro groups is 1. The number of thioether (sulfide) groups is 1. The smallest absolute Gasteiger partial charge is 0.270 e. The summed E-state index contributed by atoms with van der Waals surface area (Å²) < 4.78 is 0.112. The molecule has 1 aromatic rings. The van der Waals surface area contributed by atoms with Crippen molar-refractivity contribution in [2.75, 3.05) is 6.54 Å². The van der Waals surface area contributed by atoms with E-state index in [0.29, 0.717) is 5.56 Å². The molecular weight excluding hydrogens is 316 g/mol. The van der Waals surface area contributed by atoms with Crippen molar-refractivity contribution >= 4 is 51.9 Å². The van der Waals surface area contributed by atoms with Crippen molar-refractivity contribution in [1.82, 2.24) is 4.90 Å². The first kappa shape index (κ1) is 15.1. The van der Waals surface area contributed by atoms with Gasteiger partial charge in [-0.1, -0.05) is 36.1 Å². The van der Waals surface area contributed by atoms with Crippen LogP contribution in [0, 0.1) is 10.1 Å². The van der Waals surface area contributed by atoms with E-state index >= 15 is 0 Å². The van der Waals surface area contributed by atoms with Crippen LogP contribution < -0.4 is 5.11 Å². The van der Waals surface area contributed by atoms with Gasteiger partial charge in [-0.05, 0) is 11.6 Å². The van der Waals surface area contributed by atoms with Gasteiger partial charge < -0.3 is 9.90 Å². The fourth-order valence-corrected chi connectivity index (χ4v) is 2.90. The highest BCUT2D eigenvalue weighted by molar-refractivity contribution is 8.26. The van der Waals surface area contributed by atoms with E-state index in [1.54, 1.807) is 6.07 Å². The number of non-ortho nitro benzene ring substituents is 1. The van der Waals surface area contributed by atoms with Crippen LogP contribution in [-0.2, 0) is 9.59 Å². The van der Waals surface area contributed by atoms with Crippen LogP contribution in [0.1, 0.15) is 5.56 Å². The molecule has 108 valence electrons. The molecule has 1 saturated heterocycles. The predicted octanol–water partition coefficient (Wildman–Crippen LogP) is 0.546. The maximum Gasteiger partial charge on any atom is 0.270 e. The Labute approximate surface area is 128 Å². The Morgan fingerprint density at radius 1 is 1.48 bits per heavy atom. The summed E-state index contributed by atoms with van der Waals surface area (Å²) in [5.41, 5.74) is 0.354. The minimum absolute atomic E-state index is 0.103. The van der Waals surface area contributed by atoms with E-state index in [1.807, 2.05) is 0 Å². The van der Waals surface area contributed by atoms with Crippen LogP contribution in [0.2, 0.25) is 0 Å². The molecule has 0 aromatic heterocycles. The van der Waals surface area contributed by atoms with Crippen molar-refractivity contribution in [3.05, 3.63) is 44.8 Å². The van der Waals surface area contributed by atoms with Crippen molar-refractivity contribution in [2.45, 2.75) is 0 Å². The van der Waals surface area contributed by atoms with Crippen molar-refractivity contribution in [1.29, 1.82) is 0 Å². The molecule has 1 aliphatic heterocycles. The summed E-state index contributed by atoms with van der Waals surface area (Å²) >= 11 is 5.87. The minimum atomic E-state index is -1.41. The summed E-state index contributed by atoms with van der Waals surface area (Å²) in [5.74, 6) is -1.97. The molecule has 9 heteroatoms. The molecule has 0 aliphatic carbocycles. The average molecular weight is 323 g/mol. The second-order valence-electron chi connectivity index (χ2n) is 3.99. The second-order valence-corrected chi connectivity index (χ2v) is 5.67. The van der Waals surface area contributed by atoms with Crippen LogP contribution in [0.15, 0.2) is 29.2 Å². The minimum Gasteiger partial charge on any atom is -0.548 e. The number of carbonyl (C=O) groups excluding carboxylic acids is 2. The van der Waals surface area contributed by atoms with E-state index in [4.69, 9.17) is 12.2 Å². The lowest BCUT2D eigenvalue weighted by Gasteiger charge is -2.14. The Morgan fingerprint density at radius 2 is 2.19 bits per heavy atom. The fourth-order valence-electron chi connectivity index (χ4n) is 1.64. The number of amides is 1. The van der Waals surface area contributed by atoms with Gasteiger partial charge in [0.25, 0.3) is 11.6 Å². The summed E-state index contributed by atoms with van der Waals surface area (Å²) in [6.45, 7) is -0.614. The molecular formula is C12H7N2O5S2-. The topological polar surface area (TPSA) is 104 Å². The molecule has 0 saturated carbocycles. The summed E-state index contributed by atoms with van der Waals surface area (Å²) in [4.78, 5) is 33.8. The number of thiocarbonyl (C=S) groups is 1. The lowest BCUT2D eigenvalue weighted by atomic mass is 10.2. The standard InChI is InChI=1S/C12H8N2O5S2/c15-10(16)6-13-11(17)9(21-12(13)20)5-7-2-1-3-8(4-7)14(18)19/h1-5H,6H2,(H,15,16)/p-1/b9-5-. The summed E-state index contributed by atoms with van der Waals surface area (Å²) in [7, 11) is 0. The van der Waals surface area contributed by atoms with Crippen LogP contribution in [-0.4, -0.2) is 32.6 Å². The highest BCUT2D eigenvalue weighted by Gasteiger charge is 2.31. The van der Waals surface area contributed by atoms with Gasteiger partial charge in [0.05, 0.1) is 22.3 Å². The molecule has 0 radical (unpaired) electrons. The van der Waals surface area contributed by atoms with E-state index in [2.05, 4.69) is 0 Å². The second kappa shape index (κ2) is 6.02. The van der Waals surface area contributed by atoms with Crippen LogP contribution in [0.25, 0.3) is 6.08 Å². The third kappa shape index (κ3) is 3.44. The molecule has 21 heavy (non-hydrogen) atoms. The average Bonchev–Trinajstić information content (AvgIpc) is 2.66. The molecule has 1 aromatic carbocycles. The highest BCUT2D eigenvalue weighted by Crippen LogP contribution is 2.32. The van der Waals surface area contributed by atoms with Crippen molar-refractivity contribution in [3.8, 4) is 0 Å². The number of nitro benzene ring substituents is 1. The molecule has 0 bridgehead atoms. The molecule has 0 spiro atoms. The van der Waals surface area contributed by atoms with E-state index in [9.17, 15) is 24.8 Å². The Hall–Kier alpha value is -2.26. The summed E-state index contributed by atoms with van der Waals surface area (Å²) in [5, 5.41) is 21.3. The fraction of sp³-hybridized carbons (Fsp3) is 0.0833. The van der Waals surface area contributed by atoms with Gasteiger partial charge in [-0.15, -0.1) is 0 Å². The number of hydrogen-bond acceptors (Lipinski definition) is 7. The van der Waals surface area contributed by atoms with E-state index in [0.717, 1.165) is 16.7 Å². The maximum atomic E-state index is 12.0. The maximum absolute atomic E-state index is 12.0. The van der Waals surface area contributed by atoms with Gasteiger partial charge in [-0.3, -0.25) is 19.8 Å². The zero-order valence-corrected chi connectivity index (χ0v) is 12.0. The number of benzene rings is 1. The molecule has 0 atom stereocenters. The van der Waals surface area contributed by atoms with Gasteiger partial charge in [0.2, 0.25) is 0 Å². The first-order chi connectivity index (χ1) is 9.88. The molecule has 1 aliphatic rings. The number of carbonyl (C=O) groups is 2. The Balaban J connectivity index is 2.28. The lowest BCUT2D eigenvalue weighted by Crippen LogP contribution is -2.40. The van der Waals surface area contributed by atoms with E-state index in [1.165, 1.54) is 24.3 Å². The molecule has 1 fully saturated rings. The molecule has 7 nitrogen and oxygen atoms in total. The summed E-state index contributed by atoms with van der Waals surface area (Å²) in [6, 6.07) is 5.73. The van der Waals surface area contributed by atoms with Crippen molar-refractivity contribution < 1.29 is 19.6 Å². The number of aliphatic carboxylic acids is 1. The van der Waals surface area contributed by atoms with Gasteiger partial charge in [0.1, 0.15) is 4.32 Å². The van der Waals surface area contributed by atoms with Gasteiger partial charge in [-0.25, -0.2) is 0 Å². The highest BCUT2D eigenvalue weighted by atomic mass is 32.2. The third-order valence-corrected chi connectivity index (χ3v) is 3.92. The zero-order chi connectivity index (χ0) is 15.6. The van der Waals surface area contributed by atoms with Crippen molar-refractivity contribution in [2.24, 2.45) is 0 Å². The van der Waals surface area contributed by atoms with E-state index < -0.39 is 23.3 Å². The monoisotopic (exact) mass is 323 g/mol. The first-order valence-electron chi connectivity index (χ1n) is 5.58. The quantitative estimate of drug-likeness (QED) is 0.345. The Morgan fingerprint density at radius 3 is 2.81 bits per heavy atom.